The second-order valence-electron chi connectivity index (χ2n) is 15.9. The van der Waals surface area contributed by atoms with Gasteiger partial charge in [-0.15, -0.1) is 0 Å². The third-order valence-electron chi connectivity index (χ3n) is 11.5. The molecule has 5 heterocycles. The summed E-state index contributed by atoms with van der Waals surface area (Å²) < 4.78 is 62.0. The number of carbonyl (C=O) groups excluding carboxylic acids is 2. The maximum Gasteiger partial charge on any atom is 0.217 e. The van der Waals surface area contributed by atoms with Crippen molar-refractivity contribution in [2.75, 3.05) is 47.3 Å². The monoisotopic (exact) mass is 938 g/mol. The van der Waals surface area contributed by atoms with Crippen molar-refractivity contribution in [2.24, 2.45) is 0 Å². The molecule has 0 bridgehead atoms. The highest BCUT2D eigenvalue weighted by molar-refractivity contribution is 5.73. The maximum absolute atomic E-state index is 12.5. The zero-order valence-corrected chi connectivity index (χ0v) is 35.1. The second kappa shape index (κ2) is 23.3. The molecule has 28 heteroatoms. The van der Waals surface area contributed by atoms with E-state index >= 15 is 0 Å². The molecule has 0 aliphatic carbocycles. The van der Waals surface area contributed by atoms with Gasteiger partial charge in [-0.3, -0.25) is 9.59 Å². The molecule has 0 aromatic heterocycles. The van der Waals surface area contributed by atoms with Gasteiger partial charge < -0.3 is 129 Å². The van der Waals surface area contributed by atoms with E-state index in [0.717, 1.165) is 13.8 Å². The number of carbonyl (C=O) groups is 2. The van der Waals surface area contributed by atoms with Crippen molar-refractivity contribution in [1.82, 2.24) is 10.6 Å². The largest absolute Gasteiger partial charge is 0.394 e. The Morgan fingerprint density at radius 2 is 0.906 bits per heavy atom. The van der Waals surface area contributed by atoms with Gasteiger partial charge in [-0.2, -0.15) is 0 Å². The van der Waals surface area contributed by atoms with Crippen LogP contribution in [0.25, 0.3) is 0 Å². The van der Waals surface area contributed by atoms with Crippen molar-refractivity contribution in [3.63, 3.8) is 0 Å². The van der Waals surface area contributed by atoms with Gasteiger partial charge in [-0.05, 0) is 0 Å². The van der Waals surface area contributed by atoms with Crippen LogP contribution >= 0.6 is 0 Å². The Balaban J connectivity index is 1.42. The molecule has 5 aliphatic rings. The molecule has 0 aromatic rings. The highest BCUT2D eigenvalue weighted by atomic mass is 16.8. The summed E-state index contributed by atoms with van der Waals surface area (Å²) >= 11 is 0. The minimum Gasteiger partial charge on any atom is -0.394 e. The topological polar surface area (TPSA) is 423 Å². The summed E-state index contributed by atoms with van der Waals surface area (Å²) in [5.41, 5.74) is 0. The highest BCUT2D eigenvalue weighted by Crippen LogP contribution is 2.35. The molecule has 28 nitrogen and oxygen atoms in total. The molecule has 25 unspecified atom stereocenters. The van der Waals surface area contributed by atoms with E-state index in [0.29, 0.717) is 0 Å². The van der Waals surface area contributed by atoms with Gasteiger partial charge in [0.2, 0.25) is 11.8 Å². The van der Waals surface area contributed by atoms with Gasteiger partial charge in [0.1, 0.15) is 122 Å². The number of hydrogen-bond acceptors (Lipinski definition) is 26. The Labute approximate surface area is 364 Å². The lowest BCUT2D eigenvalue weighted by Crippen LogP contribution is -2.70. The van der Waals surface area contributed by atoms with E-state index < -0.39 is 192 Å². The van der Waals surface area contributed by atoms with Crippen LogP contribution in [0.2, 0.25) is 0 Å². The first-order valence-corrected chi connectivity index (χ1v) is 20.4. The minimum atomic E-state index is -2.13. The standard InChI is InChI=1S/C36H62N2O26/c1-10(42)37-17-22(47)28(13(6-40)57-32(17)53)62-33-18(38-11(2)43)23(48)29(14(7-41)59-33)63-36-27(52)31(64-35-25(50)24(49)19(44)15(60-35)8-54-3)21(46)16(61-36)9-56-34-26(51)30(55-4)20(45)12(5-39)58-34/h12-36,39-41,44-53H,5-9H2,1-4H3,(H,37,42)(H,38,43). The molecule has 15 N–H and O–H groups in total. The number of rotatable bonds is 17. The number of hydrogen-bond donors (Lipinski definition) is 15. The van der Waals surface area contributed by atoms with Gasteiger partial charge in [0, 0.05) is 28.1 Å². The van der Waals surface area contributed by atoms with E-state index in [1.807, 2.05) is 0 Å². The molecule has 5 aliphatic heterocycles. The van der Waals surface area contributed by atoms with Crippen LogP contribution in [0, 0.1) is 0 Å². The van der Waals surface area contributed by atoms with Crippen molar-refractivity contribution < 1.29 is 128 Å². The molecule has 2 amide bonds. The van der Waals surface area contributed by atoms with Crippen LogP contribution in [0.3, 0.4) is 0 Å². The fourth-order valence-corrected chi connectivity index (χ4v) is 8.15. The molecule has 372 valence electrons. The average molecular weight is 939 g/mol. The molecule has 0 radical (unpaired) electrons. The van der Waals surface area contributed by atoms with Gasteiger partial charge in [-0.1, -0.05) is 0 Å². The average Bonchev–Trinajstić information content (AvgIpc) is 3.25. The molecule has 0 spiro atoms. The fourth-order valence-electron chi connectivity index (χ4n) is 8.15. The van der Waals surface area contributed by atoms with Crippen molar-refractivity contribution >= 4 is 11.8 Å². The maximum atomic E-state index is 12.5. The summed E-state index contributed by atoms with van der Waals surface area (Å²) in [7, 11) is 2.43. The number of nitrogens with one attached hydrogen (secondary N) is 2. The number of amides is 2. The summed E-state index contributed by atoms with van der Waals surface area (Å²) in [5.74, 6) is -1.46. The quantitative estimate of drug-likeness (QED) is 0.0644. The van der Waals surface area contributed by atoms with Crippen LogP contribution in [-0.2, 0) is 61.7 Å². The number of ether oxygens (including phenoxy) is 11. The smallest absolute Gasteiger partial charge is 0.217 e. The highest BCUT2D eigenvalue weighted by Gasteiger charge is 2.56. The van der Waals surface area contributed by atoms with Crippen LogP contribution in [0.4, 0.5) is 0 Å². The summed E-state index contributed by atoms with van der Waals surface area (Å²) in [6, 6.07) is -3.16. The lowest BCUT2D eigenvalue weighted by atomic mass is 9.94. The van der Waals surface area contributed by atoms with E-state index in [2.05, 4.69) is 10.6 Å². The summed E-state index contributed by atoms with van der Waals surface area (Å²) in [6.07, 6.45) is -39.8. The van der Waals surface area contributed by atoms with Gasteiger partial charge in [0.15, 0.2) is 31.5 Å². The van der Waals surface area contributed by atoms with Crippen molar-refractivity contribution in [2.45, 2.75) is 167 Å². The van der Waals surface area contributed by atoms with Gasteiger partial charge in [-0.25, -0.2) is 0 Å². The van der Waals surface area contributed by atoms with Crippen LogP contribution in [0.1, 0.15) is 13.8 Å². The Kier molecular flexibility index (Phi) is 19.3. The molecule has 5 saturated heterocycles. The predicted octanol–water partition coefficient (Wildman–Crippen LogP) is -10.3. The van der Waals surface area contributed by atoms with Gasteiger partial charge >= 0.3 is 0 Å². The Morgan fingerprint density at radius 1 is 0.453 bits per heavy atom. The van der Waals surface area contributed by atoms with Crippen molar-refractivity contribution in [3.8, 4) is 0 Å². The number of aliphatic hydroxyl groups excluding tert-OH is 13. The SMILES string of the molecule is COCC1OC(OC2C(O)C(COC3OC(CO)C(O)C(OC)C3O)OC(OC3C(CO)OC(OC4C(CO)OC(O)C(NC(C)=O)C4O)C(NC(C)=O)C3O)C2O)C(O)C(O)C1O. The van der Waals surface area contributed by atoms with Crippen LogP contribution in [0.15, 0.2) is 0 Å². The first kappa shape index (κ1) is 52.9. The molecular weight excluding hydrogens is 876 g/mol. The van der Waals surface area contributed by atoms with Crippen LogP contribution < -0.4 is 10.6 Å². The third-order valence-corrected chi connectivity index (χ3v) is 11.5. The van der Waals surface area contributed by atoms with Crippen LogP contribution in [0.5, 0.6) is 0 Å². The van der Waals surface area contributed by atoms with Crippen LogP contribution in [-0.4, -0.2) is 279 Å². The van der Waals surface area contributed by atoms with E-state index in [1.165, 1.54) is 14.2 Å². The fraction of sp³-hybridized carbons (Fsp3) is 0.944. The normalized spacial score (nSPS) is 47.8. The summed E-state index contributed by atoms with van der Waals surface area (Å²) in [5, 5.41) is 145. The number of aliphatic hydroxyl groups is 13. The first-order chi connectivity index (χ1) is 30.3. The molecule has 0 aromatic carbocycles. The zero-order chi connectivity index (χ0) is 47.3. The number of methoxy groups -OCH3 is 2. The third kappa shape index (κ3) is 11.6. The molecule has 5 fully saturated rings. The Hall–Kier alpha value is -2.02. The van der Waals surface area contributed by atoms with E-state index in [-0.39, 0.29) is 6.61 Å². The lowest BCUT2D eigenvalue weighted by molar-refractivity contribution is -0.384. The van der Waals surface area contributed by atoms with E-state index in [9.17, 15) is 76.0 Å². The van der Waals surface area contributed by atoms with Crippen molar-refractivity contribution in [3.05, 3.63) is 0 Å². The minimum absolute atomic E-state index is 0.310. The Bertz CT molecular complexity index is 1480. The van der Waals surface area contributed by atoms with Gasteiger partial charge in [0.25, 0.3) is 0 Å². The molecule has 25 atom stereocenters. The molecule has 0 saturated carbocycles. The Morgan fingerprint density at radius 3 is 1.47 bits per heavy atom. The van der Waals surface area contributed by atoms with Crippen molar-refractivity contribution in [1.29, 1.82) is 0 Å². The summed E-state index contributed by atoms with van der Waals surface area (Å²) in [6.45, 7) is -1.49. The molecule has 64 heavy (non-hydrogen) atoms. The summed E-state index contributed by atoms with van der Waals surface area (Å²) in [4.78, 5) is 24.3. The zero-order valence-electron chi connectivity index (χ0n) is 35.1. The molecular formula is C36H62N2O26. The molecule has 5 rings (SSSR count). The van der Waals surface area contributed by atoms with E-state index in [4.69, 9.17) is 52.1 Å². The lowest BCUT2D eigenvalue weighted by Gasteiger charge is -2.50. The van der Waals surface area contributed by atoms with E-state index in [1.54, 1.807) is 0 Å². The predicted molar refractivity (Wildman–Crippen MR) is 199 cm³/mol. The van der Waals surface area contributed by atoms with Gasteiger partial charge in [0.05, 0.1) is 33.0 Å². The second-order valence-corrected chi connectivity index (χ2v) is 15.9. The first-order valence-electron chi connectivity index (χ1n) is 20.4.